The number of pyridine rings is 1. The van der Waals surface area contributed by atoms with Gasteiger partial charge in [0.15, 0.2) is 0 Å². The summed E-state index contributed by atoms with van der Waals surface area (Å²) < 4.78 is 6.23. The van der Waals surface area contributed by atoms with E-state index in [0.29, 0.717) is 0 Å². The minimum Gasteiger partial charge on any atom is -0.455 e. The molecule has 0 N–H and O–H groups in total. The van der Waals surface area contributed by atoms with Crippen LogP contribution in [0.3, 0.4) is 0 Å². The molecule has 178 valence electrons. The quantitative estimate of drug-likeness (QED) is 0.219. The lowest BCUT2D eigenvalue weighted by atomic mass is 9.93. The summed E-state index contributed by atoms with van der Waals surface area (Å²) in [6.45, 7) is 0. The number of para-hydroxylation sites is 1. The Balaban J connectivity index is 1.24. The first kappa shape index (κ1) is 21.5. The van der Waals surface area contributed by atoms with E-state index in [1.165, 1.54) is 32.3 Å². The molecule has 38 heavy (non-hydrogen) atoms. The largest absolute Gasteiger partial charge is 0.455 e. The van der Waals surface area contributed by atoms with Crippen molar-refractivity contribution in [2.24, 2.45) is 0 Å². The molecule has 8 rings (SSSR count). The van der Waals surface area contributed by atoms with Gasteiger partial charge < -0.3 is 4.74 Å². The van der Waals surface area contributed by atoms with Crippen LogP contribution in [0.25, 0.3) is 54.8 Å². The van der Waals surface area contributed by atoms with E-state index >= 15 is 0 Å². The van der Waals surface area contributed by atoms with Gasteiger partial charge in [-0.25, -0.2) is 4.98 Å². The van der Waals surface area contributed by atoms with E-state index < -0.39 is 0 Å². The predicted molar refractivity (Wildman–Crippen MR) is 158 cm³/mol. The Bertz CT molecular complexity index is 2010. The van der Waals surface area contributed by atoms with Gasteiger partial charge in [-0.05, 0) is 74.8 Å². The molecule has 0 fully saturated rings. The van der Waals surface area contributed by atoms with E-state index in [2.05, 4.69) is 109 Å². The van der Waals surface area contributed by atoms with Crippen molar-refractivity contribution in [3.05, 3.63) is 127 Å². The summed E-state index contributed by atoms with van der Waals surface area (Å²) in [5.74, 6) is 1.78. The first-order valence-electron chi connectivity index (χ1n) is 12.7. The molecule has 0 amide bonds. The van der Waals surface area contributed by atoms with Crippen LogP contribution < -0.4 is 4.74 Å². The fourth-order valence-electron chi connectivity index (χ4n) is 5.51. The molecule has 0 spiro atoms. The number of fused-ring (bicyclic) bond motifs is 8. The highest BCUT2D eigenvalue weighted by atomic mass is 32.2. The van der Waals surface area contributed by atoms with E-state index in [1.807, 2.05) is 18.2 Å². The molecule has 0 atom stereocenters. The van der Waals surface area contributed by atoms with Gasteiger partial charge in [0, 0.05) is 11.1 Å². The Morgan fingerprint density at radius 1 is 0.421 bits per heavy atom. The molecule has 0 aliphatic carbocycles. The monoisotopic (exact) mass is 503 g/mol. The Labute approximate surface area is 224 Å². The Morgan fingerprint density at radius 2 is 0.974 bits per heavy atom. The van der Waals surface area contributed by atoms with Crippen molar-refractivity contribution in [3.8, 4) is 34.0 Å². The first-order chi connectivity index (χ1) is 18.8. The van der Waals surface area contributed by atoms with E-state index in [4.69, 9.17) is 9.72 Å². The highest BCUT2D eigenvalue weighted by molar-refractivity contribution is 7.99. The first-order valence-corrected chi connectivity index (χ1v) is 13.5. The fourth-order valence-corrected chi connectivity index (χ4v) is 6.44. The maximum atomic E-state index is 6.23. The van der Waals surface area contributed by atoms with Gasteiger partial charge in [0.25, 0.3) is 0 Å². The molecule has 1 aromatic heterocycles. The molecule has 2 nitrogen and oxygen atoms in total. The third kappa shape index (κ3) is 3.40. The minimum atomic E-state index is 0.877. The van der Waals surface area contributed by atoms with Crippen molar-refractivity contribution in [2.75, 3.05) is 0 Å². The molecule has 6 aromatic carbocycles. The predicted octanol–water partition coefficient (Wildman–Crippen LogP) is 10.1. The molecule has 0 bridgehead atoms. The zero-order valence-electron chi connectivity index (χ0n) is 20.4. The lowest BCUT2D eigenvalue weighted by molar-refractivity contribution is 0.455. The molecular formula is C35H21NOS. The molecule has 0 radical (unpaired) electrons. The average Bonchev–Trinajstić information content (AvgIpc) is 2.99. The summed E-state index contributed by atoms with van der Waals surface area (Å²) in [6.07, 6.45) is 0. The number of hydrogen-bond donors (Lipinski definition) is 0. The fraction of sp³-hybridized carbons (Fsp3) is 0. The Kier molecular flexibility index (Phi) is 4.79. The Hall–Kier alpha value is -4.60. The molecule has 2 heterocycles. The summed E-state index contributed by atoms with van der Waals surface area (Å²) in [6, 6.07) is 44.9. The van der Waals surface area contributed by atoms with Crippen molar-refractivity contribution in [1.82, 2.24) is 4.98 Å². The van der Waals surface area contributed by atoms with E-state index in [0.717, 1.165) is 43.8 Å². The normalized spacial score (nSPS) is 12.3. The molecule has 1 aliphatic rings. The van der Waals surface area contributed by atoms with Crippen LogP contribution in [-0.2, 0) is 0 Å². The topological polar surface area (TPSA) is 22.1 Å². The second-order valence-corrected chi connectivity index (χ2v) is 10.7. The van der Waals surface area contributed by atoms with Crippen molar-refractivity contribution >= 4 is 44.1 Å². The minimum absolute atomic E-state index is 0.877. The van der Waals surface area contributed by atoms with Crippen molar-refractivity contribution in [3.63, 3.8) is 0 Å². The standard InChI is InChI=1S/C35H21NOS/c1-2-10-26-24(8-1)25-9-3-4-11-27(25)29-20-22(16-18-28(26)29)30-12-7-13-31(36-30)23-17-19-35-33(21-23)37-32-14-5-6-15-34(32)38-35/h1-21H. The van der Waals surface area contributed by atoms with Gasteiger partial charge in [-0.3, -0.25) is 0 Å². The highest BCUT2D eigenvalue weighted by Gasteiger charge is 2.18. The van der Waals surface area contributed by atoms with Gasteiger partial charge in [0.1, 0.15) is 11.5 Å². The van der Waals surface area contributed by atoms with Crippen LogP contribution in [0, 0.1) is 0 Å². The Morgan fingerprint density at radius 3 is 1.71 bits per heavy atom. The van der Waals surface area contributed by atoms with Crippen molar-refractivity contribution in [2.45, 2.75) is 9.79 Å². The second kappa shape index (κ2) is 8.47. The zero-order valence-corrected chi connectivity index (χ0v) is 21.2. The molecule has 1 aliphatic heterocycles. The van der Waals surface area contributed by atoms with Crippen LogP contribution in [0.1, 0.15) is 0 Å². The van der Waals surface area contributed by atoms with Crippen LogP contribution in [0.5, 0.6) is 11.5 Å². The number of aromatic nitrogens is 1. The highest BCUT2D eigenvalue weighted by Crippen LogP contribution is 2.47. The molecular weight excluding hydrogens is 482 g/mol. The van der Waals surface area contributed by atoms with Gasteiger partial charge in [0.05, 0.1) is 21.2 Å². The van der Waals surface area contributed by atoms with Gasteiger partial charge in [0.2, 0.25) is 0 Å². The third-order valence-corrected chi connectivity index (χ3v) is 8.43. The maximum Gasteiger partial charge on any atom is 0.142 e. The third-order valence-electron chi connectivity index (χ3n) is 7.32. The number of nitrogens with zero attached hydrogens (tertiary/aromatic N) is 1. The van der Waals surface area contributed by atoms with Crippen molar-refractivity contribution < 1.29 is 4.74 Å². The van der Waals surface area contributed by atoms with Gasteiger partial charge in [-0.15, -0.1) is 0 Å². The zero-order chi connectivity index (χ0) is 25.1. The molecule has 0 unspecified atom stereocenters. The average molecular weight is 504 g/mol. The van der Waals surface area contributed by atoms with Crippen molar-refractivity contribution in [1.29, 1.82) is 0 Å². The maximum absolute atomic E-state index is 6.23. The van der Waals surface area contributed by atoms with Crippen LogP contribution in [0.4, 0.5) is 0 Å². The molecule has 7 aromatic rings. The summed E-state index contributed by atoms with van der Waals surface area (Å²) in [4.78, 5) is 7.36. The van der Waals surface area contributed by atoms with E-state index in [1.54, 1.807) is 11.8 Å². The molecule has 0 saturated carbocycles. The summed E-state index contributed by atoms with van der Waals surface area (Å²) >= 11 is 1.74. The van der Waals surface area contributed by atoms with Gasteiger partial charge in [-0.1, -0.05) is 96.7 Å². The number of benzene rings is 6. The molecule has 3 heteroatoms. The number of hydrogen-bond acceptors (Lipinski definition) is 3. The lowest BCUT2D eigenvalue weighted by Gasteiger charge is -2.20. The van der Waals surface area contributed by atoms with E-state index in [-0.39, 0.29) is 0 Å². The lowest BCUT2D eigenvalue weighted by Crippen LogP contribution is -1.95. The second-order valence-electron chi connectivity index (χ2n) is 9.57. The van der Waals surface area contributed by atoms with Gasteiger partial charge >= 0.3 is 0 Å². The molecule has 0 saturated heterocycles. The summed E-state index contributed by atoms with van der Waals surface area (Å²) in [5.41, 5.74) is 4.04. The van der Waals surface area contributed by atoms with Crippen LogP contribution in [0.15, 0.2) is 137 Å². The van der Waals surface area contributed by atoms with Gasteiger partial charge in [-0.2, -0.15) is 0 Å². The number of rotatable bonds is 2. The number of ether oxygens (including phenoxy) is 1. The van der Waals surface area contributed by atoms with Crippen LogP contribution >= 0.6 is 11.8 Å². The van der Waals surface area contributed by atoms with E-state index in [9.17, 15) is 0 Å². The smallest absolute Gasteiger partial charge is 0.142 e. The summed E-state index contributed by atoms with van der Waals surface area (Å²) in [5, 5.41) is 7.64. The van der Waals surface area contributed by atoms with Crippen LogP contribution in [0.2, 0.25) is 0 Å². The summed E-state index contributed by atoms with van der Waals surface area (Å²) in [7, 11) is 0. The van der Waals surface area contributed by atoms with Crippen LogP contribution in [-0.4, -0.2) is 4.98 Å². The SMILES string of the molecule is c1cc(-c2ccc3c(c2)Oc2ccccc2S3)nc(-c2ccc3c4ccccc4c4ccccc4c3c2)c1.